The molecule has 0 atom stereocenters. The van der Waals surface area contributed by atoms with E-state index < -0.39 is 0 Å². The topological polar surface area (TPSA) is 80.1 Å². The zero-order valence-corrected chi connectivity index (χ0v) is 20.0. The average Bonchev–Trinajstić information content (AvgIpc) is 3.57. The number of aryl methyl sites for hydroxylation is 1. The molecule has 7 nitrogen and oxygen atoms in total. The molecule has 1 aliphatic carbocycles. The zero-order valence-electron chi connectivity index (χ0n) is 19.2. The second-order valence-electron chi connectivity index (χ2n) is 8.70. The number of amides is 2. The molecule has 2 aromatic carbocycles. The predicted molar refractivity (Wildman–Crippen MR) is 130 cm³/mol. The number of rotatable bonds is 9. The highest BCUT2D eigenvalue weighted by atomic mass is 32.2. The quantitative estimate of drug-likeness (QED) is 0.474. The number of carbonyl (C=O) groups is 2. The number of hydrogen-bond acceptors (Lipinski definition) is 5. The molecule has 1 saturated carbocycles. The van der Waals surface area contributed by atoms with Crippen molar-refractivity contribution in [2.75, 3.05) is 11.1 Å². The molecule has 4 rings (SSSR count). The fourth-order valence-corrected chi connectivity index (χ4v) is 4.27. The number of benzene rings is 2. The fraction of sp³-hybridized carbons (Fsp3) is 0.360. The maximum Gasteiger partial charge on any atom is 0.254 e. The number of carbonyl (C=O) groups excluding carboxylic acids is 2. The van der Waals surface area contributed by atoms with Crippen LogP contribution in [0.3, 0.4) is 0 Å². The Morgan fingerprint density at radius 2 is 1.94 bits per heavy atom. The van der Waals surface area contributed by atoms with Gasteiger partial charge in [0.15, 0.2) is 5.16 Å². The normalized spacial score (nSPS) is 13.2. The number of anilines is 1. The lowest BCUT2D eigenvalue weighted by molar-refractivity contribution is -0.113. The monoisotopic (exact) mass is 463 g/mol. The third-order valence-corrected chi connectivity index (χ3v) is 6.68. The smallest absolute Gasteiger partial charge is 0.254 e. The second-order valence-corrected chi connectivity index (χ2v) is 9.65. The molecule has 2 amide bonds. The van der Waals surface area contributed by atoms with Crippen molar-refractivity contribution in [1.29, 1.82) is 0 Å². The number of thioether (sulfide) groups is 1. The Hall–Kier alpha value is -3.13. The van der Waals surface area contributed by atoms with Crippen molar-refractivity contribution in [3.63, 3.8) is 0 Å². The molecule has 0 unspecified atom stereocenters. The van der Waals surface area contributed by atoms with Gasteiger partial charge in [0.2, 0.25) is 5.91 Å². The van der Waals surface area contributed by atoms with Crippen LogP contribution in [0.4, 0.5) is 5.69 Å². The van der Waals surface area contributed by atoms with E-state index in [0.29, 0.717) is 28.9 Å². The van der Waals surface area contributed by atoms with Gasteiger partial charge in [0.1, 0.15) is 6.33 Å². The molecule has 0 aliphatic heterocycles. The van der Waals surface area contributed by atoms with Crippen molar-refractivity contribution in [1.82, 2.24) is 19.7 Å². The Balaban J connectivity index is 1.40. The van der Waals surface area contributed by atoms with Gasteiger partial charge in [-0.05, 0) is 48.1 Å². The highest BCUT2D eigenvalue weighted by Crippen LogP contribution is 2.30. The maximum absolute atomic E-state index is 13.4. The number of hydrogen-bond donors (Lipinski definition) is 1. The van der Waals surface area contributed by atoms with Crippen molar-refractivity contribution >= 4 is 29.3 Å². The van der Waals surface area contributed by atoms with Crippen LogP contribution in [-0.4, -0.2) is 43.3 Å². The highest BCUT2D eigenvalue weighted by Gasteiger charge is 2.33. The van der Waals surface area contributed by atoms with Crippen molar-refractivity contribution in [3.05, 3.63) is 71.5 Å². The molecule has 3 aromatic rings. The van der Waals surface area contributed by atoms with Crippen molar-refractivity contribution in [2.45, 2.75) is 50.4 Å². The van der Waals surface area contributed by atoms with E-state index in [2.05, 4.69) is 53.6 Å². The first kappa shape index (κ1) is 23.0. The summed E-state index contributed by atoms with van der Waals surface area (Å²) in [5, 5.41) is 11.3. The molecular formula is C25H29N5O2S. The molecular weight excluding hydrogens is 434 g/mol. The third kappa shape index (κ3) is 6.01. The minimum Gasteiger partial charge on any atom is -0.331 e. The van der Waals surface area contributed by atoms with Gasteiger partial charge >= 0.3 is 0 Å². The average molecular weight is 464 g/mol. The first-order chi connectivity index (χ1) is 15.9. The molecule has 172 valence electrons. The lowest BCUT2D eigenvalue weighted by Crippen LogP contribution is -2.32. The Labute approximate surface area is 198 Å². The zero-order chi connectivity index (χ0) is 23.4. The van der Waals surface area contributed by atoms with Gasteiger partial charge in [0, 0.05) is 30.9 Å². The summed E-state index contributed by atoms with van der Waals surface area (Å²) >= 11 is 1.31. The standard InChI is InChI=1S/C25H29N5O2S/c1-17(2)19-9-7-18(8-10-19)14-30(22-11-12-22)24(32)20-5-4-6-21(13-20)27-23(31)15-33-25-28-26-16-29(25)3/h4-10,13,16-17,22H,11-12,14-15H2,1-3H3,(H,27,31). The molecule has 0 saturated heterocycles. The van der Waals surface area contributed by atoms with Crippen LogP contribution in [0, 0.1) is 0 Å². The van der Waals surface area contributed by atoms with E-state index in [1.165, 1.54) is 17.3 Å². The van der Waals surface area contributed by atoms with Crippen molar-refractivity contribution in [2.24, 2.45) is 7.05 Å². The molecule has 0 spiro atoms. The molecule has 1 aliphatic rings. The van der Waals surface area contributed by atoms with E-state index in [9.17, 15) is 9.59 Å². The van der Waals surface area contributed by atoms with Crippen molar-refractivity contribution < 1.29 is 9.59 Å². The minimum absolute atomic E-state index is 0.00463. The predicted octanol–water partition coefficient (Wildman–Crippen LogP) is 4.47. The van der Waals surface area contributed by atoms with E-state index in [1.807, 2.05) is 18.0 Å². The summed E-state index contributed by atoms with van der Waals surface area (Å²) in [5.41, 5.74) is 3.62. The SMILES string of the molecule is CC(C)c1ccc(CN(C(=O)c2cccc(NC(=O)CSc3nncn3C)c2)C2CC2)cc1. The summed E-state index contributed by atoms with van der Waals surface area (Å²) in [6.07, 6.45) is 3.66. The van der Waals surface area contributed by atoms with Crippen LogP contribution in [0.5, 0.6) is 0 Å². The van der Waals surface area contributed by atoms with Crippen LogP contribution in [0.2, 0.25) is 0 Å². The Bertz CT molecular complexity index is 1120. The molecule has 0 bridgehead atoms. The van der Waals surface area contributed by atoms with Gasteiger partial charge in [-0.3, -0.25) is 9.59 Å². The Morgan fingerprint density at radius 3 is 2.58 bits per heavy atom. The summed E-state index contributed by atoms with van der Waals surface area (Å²) in [6.45, 7) is 4.94. The fourth-order valence-electron chi connectivity index (χ4n) is 3.58. The summed E-state index contributed by atoms with van der Waals surface area (Å²) in [4.78, 5) is 27.7. The first-order valence-corrected chi connectivity index (χ1v) is 12.2. The lowest BCUT2D eigenvalue weighted by atomic mass is 10.0. The summed E-state index contributed by atoms with van der Waals surface area (Å²) in [7, 11) is 1.83. The molecule has 1 heterocycles. The number of aromatic nitrogens is 3. The first-order valence-electron chi connectivity index (χ1n) is 11.2. The highest BCUT2D eigenvalue weighted by molar-refractivity contribution is 7.99. The number of nitrogens with one attached hydrogen (secondary N) is 1. The van der Waals surface area contributed by atoms with Gasteiger partial charge in [-0.1, -0.05) is 55.9 Å². The summed E-state index contributed by atoms with van der Waals surface area (Å²) in [6, 6.07) is 16.0. The van der Waals surface area contributed by atoms with Crippen molar-refractivity contribution in [3.8, 4) is 0 Å². The largest absolute Gasteiger partial charge is 0.331 e. The van der Waals surface area contributed by atoms with E-state index in [1.54, 1.807) is 29.1 Å². The van der Waals surface area contributed by atoms with E-state index in [-0.39, 0.29) is 23.6 Å². The molecule has 1 fully saturated rings. The minimum atomic E-state index is -0.156. The van der Waals surface area contributed by atoms with Crippen LogP contribution in [0.25, 0.3) is 0 Å². The van der Waals surface area contributed by atoms with E-state index in [4.69, 9.17) is 0 Å². The third-order valence-electron chi connectivity index (χ3n) is 5.64. The van der Waals surface area contributed by atoms with Gasteiger partial charge in [0.05, 0.1) is 5.75 Å². The van der Waals surface area contributed by atoms with Gasteiger partial charge < -0.3 is 14.8 Å². The molecule has 1 N–H and O–H groups in total. The van der Waals surface area contributed by atoms with Gasteiger partial charge in [0.25, 0.3) is 5.91 Å². The second kappa shape index (κ2) is 10.2. The summed E-state index contributed by atoms with van der Waals surface area (Å²) < 4.78 is 1.76. The summed E-state index contributed by atoms with van der Waals surface area (Å²) in [5.74, 6) is 0.537. The molecule has 1 aromatic heterocycles. The van der Waals surface area contributed by atoms with Gasteiger partial charge in [-0.15, -0.1) is 10.2 Å². The van der Waals surface area contributed by atoms with Gasteiger partial charge in [-0.2, -0.15) is 0 Å². The van der Waals surface area contributed by atoms with Crippen LogP contribution >= 0.6 is 11.8 Å². The van der Waals surface area contributed by atoms with Crippen LogP contribution in [-0.2, 0) is 18.4 Å². The number of nitrogens with zero attached hydrogens (tertiary/aromatic N) is 4. The maximum atomic E-state index is 13.4. The lowest BCUT2D eigenvalue weighted by Gasteiger charge is -2.23. The molecule has 0 radical (unpaired) electrons. The van der Waals surface area contributed by atoms with Crippen LogP contribution in [0.15, 0.2) is 60.0 Å². The Kier molecular flexibility index (Phi) is 7.13. The van der Waals surface area contributed by atoms with Crippen LogP contribution < -0.4 is 5.32 Å². The molecule has 33 heavy (non-hydrogen) atoms. The van der Waals surface area contributed by atoms with Gasteiger partial charge in [-0.25, -0.2) is 0 Å². The molecule has 8 heteroatoms. The van der Waals surface area contributed by atoms with Crippen LogP contribution in [0.1, 0.15) is 54.1 Å². The van der Waals surface area contributed by atoms with E-state index in [0.717, 1.165) is 18.4 Å². The van der Waals surface area contributed by atoms with E-state index >= 15 is 0 Å². The Morgan fingerprint density at radius 1 is 1.18 bits per heavy atom.